The Balaban J connectivity index is 2.00. The van der Waals surface area contributed by atoms with E-state index in [1.807, 2.05) is 0 Å². The van der Waals surface area contributed by atoms with E-state index in [1.54, 1.807) is 11.3 Å². The van der Waals surface area contributed by atoms with Crippen LogP contribution in [0.15, 0.2) is 5.38 Å². The van der Waals surface area contributed by atoms with E-state index < -0.39 is 6.43 Å². The van der Waals surface area contributed by atoms with Gasteiger partial charge in [-0.1, -0.05) is 13.8 Å². The summed E-state index contributed by atoms with van der Waals surface area (Å²) >= 11 is 1.79. The summed E-state index contributed by atoms with van der Waals surface area (Å²) < 4.78 is 24.1. The van der Waals surface area contributed by atoms with Gasteiger partial charge in [-0.05, 0) is 41.2 Å². The molecule has 0 atom stereocenters. The highest BCUT2D eigenvalue weighted by molar-refractivity contribution is 7.10. The van der Waals surface area contributed by atoms with Crippen molar-refractivity contribution in [2.45, 2.75) is 46.1 Å². The second-order valence-corrected chi connectivity index (χ2v) is 6.49. The number of hydrogen-bond donors (Lipinski definition) is 1. The molecule has 0 unspecified atom stereocenters. The van der Waals surface area contributed by atoms with Gasteiger partial charge in [-0.25, -0.2) is 8.78 Å². The molecule has 1 aromatic rings. The van der Waals surface area contributed by atoms with Gasteiger partial charge in [-0.15, -0.1) is 11.3 Å². The molecule has 0 spiro atoms. The van der Waals surface area contributed by atoms with Gasteiger partial charge in [0, 0.05) is 11.4 Å². The van der Waals surface area contributed by atoms with Crippen molar-refractivity contribution in [2.75, 3.05) is 6.54 Å². The molecule has 0 aromatic carbocycles. The van der Waals surface area contributed by atoms with Crippen LogP contribution in [0, 0.1) is 5.41 Å². The van der Waals surface area contributed by atoms with Crippen molar-refractivity contribution in [1.29, 1.82) is 0 Å². The van der Waals surface area contributed by atoms with Crippen LogP contribution in [0.1, 0.15) is 36.3 Å². The zero-order valence-electron chi connectivity index (χ0n) is 10.4. The Hall–Kier alpha value is -0.480. The molecule has 1 aliphatic carbocycles. The van der Waals surface area contributed by atoms with Crippen LogP contribution < -0.4 is 5.32 Å². The minimum atomic E-state index is -2.26. The van der Waals surface area contributed by atoms with E-state index in [4.69, 9.17) is 0 Å². The molecule has 96 valence electrons. The smallest absolute Gasteiger partial charge is 0.250 e. The van der Waals surface area contributed by atoms with Crippen LogP contribution in [0.3, 0.4) is 0 Å². The molecule has 1 N–H and O–H groups in total. The lowest BCUT2D eigenvalue weighted by Gasteiger charge is -2.29. The lowest BCUT2D eigenvalue weighted by atomic mass is 9.77. The summed E-state index contributed by atoms with van der Waals surface area (Å²) in [6.45, 7) is 4.96. The van der Waals surface area contributed by atoms with Gasteiger partial charge in [0.15, 0.2) is 0 Å². The predicted octanol–water partition coefficient (Wildman–Crippen LogP) is 3.62. The van der Waals surface area contributed by atoms with Gasteiger partial charge in [0.1, 0.15) is 0 Å². The average Bonchev–Trinajstić information content (AvgIpc) is 2.58. The first kappa shape index (κ1) is 13.0. The van der Waals surface area contributed by atoms with E-state index in [2.05, 4.69) is 24.5 Å². The highest BCUT2D eigenvalue weighted by Crippen LogP contribution is 2.39. The van der Waals surface area contributed by atoms with Crippen LogP contribution in [0.25, 0.3) is 0 Å². The highest BCUT2D eigenvalue weighted by atomic mass is 32.1. The summed E-state index contributed by atoms with van der Waals surface area (Å²) in [5.74, 6) is 0. The number of hydrogen-bond acceptors (Lipinski definition) is 2. The van der Waals surface area contributed by atoms with Gasteiger partial charge in [-0.2, -0.15) is 0 Å². The molecule has 1 nitrogen and oxygen atoms in total. The summed E-state index contributed by atoms with van der Waals surface area (Å²) in [6, 6.07) is 0. The van der Waals surface area contributed by atoms with Gasteiger partial charge in [0.25, 0.3) is 6.43 Å². The maximum atomic E-state index is 12.0. The third-order valence-electron chi connectivity index (χ3n) is 3.37. The largest absolute Gasteiger partial charge is 0.307 e. The average molecular weight is 259 g/mol. The fourth-order valence-electron chi connectivity index (χ4n) is 2.36. The summed E-state index contributed by atoms with van der Waals surface area (Å²) in [7, 11) is 0. The van der Waals surface area contributed by atoms with Crippen molar-refractivity contribution in [1.82, 2.24) is 5.32 Å². The molecule has 1 aliphatic rings. The van der Waals surface area contributed by atoms with Crippen LogP contribution >= 0.6 is 11.3 Å². The minimum absolute atomic E-state index is 0.212. The van der Waals surface area contributed by atoms with Crippen LogP contribution in [0.5, 0.6) is 0 Å². The number of rotatable bonds is 4. The lowest BCUT2D eigenvalue weighted by Crippen LogP contribution is -2.23. The second-order valence-electron chi connectivity index (χ2n) is 5.53. The quantitative estimate of drug-likeness (QED) is 0.871. The molecule has 0 bridgehead atoms. The van der Waals surface area contributed by atoms with Crippen molar-refractivity contribution in [3.05, 3.63) is 21.4 Å². The molecule has 1 aromatic heterocycles. The zero-order valence-corrected chi connectivity index (χ0v) is 11.2. The van der Waals surface area contributed by atoms with Crippen molar-refractivity contribution in [2.24, 2.45) is 5.41 Å². The third-order valence-corrected chi connectivity index (χ3v) is 4.45. The molecule has 17 heavy (non-hydrogen) atoms. The number of thiophene rings is 1. The standard InChI is InChI=1S/C13H19F2NS/c1-13(2)4-3-10-9(6-16-7-12(14)15)8-17-11(10)5-13/h8,12,16H,3-7H2,1-2H3. The van der Waals surface area contributed by atoms with Crippen molar-refractivity contribution >= 4 is 11.3 Å². The molecular weight excluding hydrogens is 240 g/mol. The van der Waals surface area contributed by atoms with Crippen molar-refractivity contribution < 1.29 is 8.78 Å². The zero-order chi connectivity index (χ0) is 12.5. The Labute approximate surface area is 105 Å². The minimum Gasteiger partial charge on any atom is -0.307 e. The molecule has 1 heterocycles. The van der Waals surface area contributed by atoms with E-state index in [9.17, 15) is 8.78 Å². The maximum Gasteiger partial charge on any atom is 0.250 e. The van der Waals surface area contributed by atoms with Crippen molar-refractivity contribution in [3.8, 4) is 0 Å². The molecule has 0 amide bonds. The van der Waals surface area contributed by atoms with Gasteiger partial charge >= 0.3 is 0 Å². The Morgan fingerprint density at radius 1 is 1.47 bits per heavy atom. The number of nitrogens with one attached hydrogen (secondary N) is 1. The first-order valence-electron chi connectivity index (χ1n) is 6.05. The van der Waals surface area contributed by atoms with Crippen LogP contribution in [-0.4, -0.2) is 13.0 Å². The van der Waals surface area contributed by atoms with Gasteiger partial charge in [0.05, 0.1) is 6.54 Å². The van der Waals surface area contributed by atoms with Gasteiger partial charge in [-0.3, -0.25) is 0 Å². The molecule has 0 saturated carbocycles. The summed E-state index contributed by atoms with van der Waals surface area (Å²) in [6.07, 6.45) is 1.15. The Morgan fingerprint density at radius 3 is 2.94 bits per heavy atom. The fourth-order valence-corrected chi connectivity index (χ4v) is 3.72. The Kier molecular flexibility index (Phi) is 3.83. The van der Waals surface area contributed by atoms with Crippen LogP contribution in [0.4, 0.5) is 8.78 Å². The van der Waals surface area contributed by atoms with E-state index >= 15 is 0 Å². The molecule has 4 heteroatoms. The first-order valence-corrected chi connectivity index (χ1v) is 6.93. The summed E-state index contributed by atoms with van der Waals surface area (Å²) in [4.78, 5) is 1.45. The summed E-state index contributed by atoms with van der Waals surface area (Å²) in [5, 5.41) is 4.94. The number of halogens is 2. The normalized spacial score (nSPS) is 18.4. The fraction of sp³-hybridized carbons (Fsp3) is 0.692. The van der Waals surface area contributed by atoms with Crippen molar-refractivity contribution in [3.63, 3.8) is 0 Å². The Morgan fingerprint density at radius 2 is 2.24 bits per heavy atom. The number of fused-ring (bicyclic) bond motifs is 1. The van der Waals surface area contributed by atoms with Crippen LogP contribution in [0.2, 0.25) is 0 Å². The second kappa shape index (κ2) is 5.02. The maximum absolute atomic E-state index is 12.0. The van der Waals surface area contributed by atoms with E-state index in [-0.39, 0.29) is 6.54 Å². The SMILES string of the molecule is CC1(C)CCc2c(CNCC(F)F)csc2C1. The van der Waals surface area contributed by atoms with E-state index in [0.29, 0.717) is 12.0 Å². The Bertz CT molecular complexity index is 385. The third kappa shape index (κ3) is 3.26. The highest BCUT2D eigenvalue weighted by Gasteiger charge is 2.27. The summed E-state index contributed by atoms with van der Waals surface area (Å²) in [5.41, 5.74) is 3.03. The van der Waals surface area contributed by atoms with Crippen LogP contribution in [-0.2, 0) is 19.4 Å². The topological polar surface area (TPSA) is 12.0 Å². The molecule has 0 aliphatic heterocycles. The van der Waals surface area contributed by atoms with E-state index in [1.165, 1.54) is 22.4 Å². The molecular formula is C13H19F2NS. The predicted molar refractivity (Wildman–Crippen MR) is 67.8 cm³/mol. The lowest BCUT2D eigenvalue weighted by molar-refractivity contribution is 0.145. The molecule has 0 saturated heterocycles. The molecule has 0 radical (unpaired) electrons. The van der Waals surface area contributed by atoms with Gasteiger partial charge < -0.3 is 5.32 Å². The monoisotopic (exact) mass is 259 g/mol. The molecule has 0 fully saturated rings. The molecule has 2 rings (SSSR count). The van der Waals surface area contributed by atoms with Gasteiger partial charge in [0.2, 0.25) is 0 Å². The number of alkyl halides is 2. The first-order chi connectivity index (χ1) is 7.98. The van der Waals surface area contributed by atoms with E-state index in [0.717, 1.165) is 12.8 Å².